The van der Waals surface area contributed by atoms with Gasteiger partial charge in [-0.05, 0) is 6.07 Å². The number of fused-ring (bicyclic) bond motifs is 3. The van der Waals surface area contributed by atoms with Crippen LogP contribution in [0.2, 0.25) is 0 Å². The Morgan fingerprint density at radius 2 is 2.18 bits per heavy atom. The van der Waals surface area contributed by atoms with Crippen molar-refractivity contribution in [1.29, 1.82) is 0 Å². The predicted octanol–water partition coefficient (Wildman–Crippen LogP) is -0.569. The molecule has 0 spiro atoms. The maximum Gasteiger partial charge on any atom is 0.280 e. The molecular weight excluding hydrogens is 222 g/mol. The first-order chi connectivity index (χ1) is 8.31. The molecule has 0 atom stereocenters. The largest absolute Gasteiger partial charge is 0.395 e. The van der Waals surface area contributed by atoms with Gasteiger partial charge >= 0.3 is 0 Å². The lowest BCUT2D eigenvalue weighted by Crippen LogP contribution is -2.22. The third-order valence-electron chi connectivity index (χ3n) is 2.56. The number of aliphatic hydroxyl groups excluding tert-OH is 1. The normalized spacial score (nSPS) is 11.4. The van der Waals surface area contributed by atoms with Gasteiger partial charge in [0.1, 0.15) is 5.52 Å². The van der Waals surface area contributed by atoms with Crippen LogP contribution in [0, 0.1) is 0 Å². The Hall–Kier alpha value is -2.28. The van der Waals surface area contributed by atoms with Crippen LogP contribution in [0.1, 0.15) is 0 Å². The highest BCUT2D eigenvalue weighted by atomic mass is 16.3. The highest BCUT2D eigenvalue weighted by Crippen LogP contribution is 2.07. The standard InChI is InChI=1S/C10H9N5O2/c16-6-5-14-4-2-7-9(10(14)17)13-12-8-1-3-11-15(7)8/h1-4,16H,5-6H2. The zero-order chi connectivity index (χ0) is 11.8. The Kier molecular flexibility index (Phi) is 2.12. The van der Waals surface area contributed by atoms with E-state index >= 15 is 0 Å². The quantitative estimate of drug-likeness (QED) is 0.638. The molecule has 0 saturated carbocycles. The van der Waals surface area contributed by atoms with Crippen LogP contribution in [0.25, 0.3) is 16.7 Å². The van der Waals surface area contributed by atoms with Gasteiger partial charge in [0, 0.05) is 18.8 Å². The van der Waals surface area contributed by atoms with Gasteiger partial charge in [-0.1, -0.05) is 0 Å². The summed E-state index contributed by atoms with van der Waals surface area (Å²) in [7, 11) is 0. The molecule has 0 radical (unpaired) electrons. The molecule has 3 aromatic heterocycles. The summed E-state index contributed by atoms with van der Waals surface area (Å²) >= 11 is 0. The lowest BCUT2D eigenvalue weighted by Gasteiger charge is -2.04. The molecule has 1 N–H and O–H groups in total. The monoisotopic (exact) mass is 231 g/mol. The van der Waals surface area contributed by atoms with Crippen molar-refractivity contribution in [2.75, 3.05) is 6.61 Å². The molecule has 3 rings (SSSR count). The number of nitrogens with zero attached hydrogens (tertiary/aromatic N) is 5. The minimum atomic E-state index is -0.276. The van der Waals surface area contributed by atoms with Crippen LogP contribution in [0.15, 0.2) is 29.3 Å². The van der Waals surface area contributed by atoms with E-state index in [1.54, 1.807) is 29.0 Å². The number of aromatic nitrogens is 5. The van der Waals surface area contributed by atoms with E-state index in [9.17, 15) is 4.79 Å². The number of hydrogen-bond acceptors (Lipinski definition) is 5. The average Bonchev–Trinajstić information content (AvgIpc) is 2.81. The first kappa shape index (κ1) is 9.91. The summed E-state index contributed by atoms with van der Waals surface area (Å²) in [4.78, 5) is 12.0. The van der Waals surface area contributed by atoms with E-state index in [-0.39, 0.29) is 24.2 Å². The molecule has 17 heavy (non-hydrogen) atoms. The summed E-state index contributed by atoms with van der Waals surface area (Å²) in [6.45, 7) is 0.149. The lowest BCUT2D eigenvalue weighted by atomic mass is 10.4. The summed E-state index contributed by atoms with van der Waals surface area (Å²) in [6.07, 6.45) is 3.21. The van der Waals surface area contributed by atoms with Crippen molar-refractivity contribution in [1.82, 2.24) is 24.4 Å². The number of pyridine rings is 1. The van der Waals surface area contributed by atoms with Gasteiger partial charge < -0.3 is 9.67 Å². The highest BCUT2D eigenvalue weighted by molar-refractivity contribution is 5.74. The minimum absolute atomic E-state index is 0.0944. The molecule has 0 bridgehead atoms. The van der Waals surface area contributed by atoms with Gasteiger partial charge in [-0.15, -0.1) is 10.2 Å². The van der Waals surface area contributed by atoms with Crippen LogP contribution in [0.5, 0.6) is 0 Å². The van der Waals surface area contributed by atoms with Gasteiger partial charge in [0.25, 0.3) is 5.56 Å². The highest BCUT2D eigenvalue weighted by Gasteiger charge is 2.08. The molecule has 0 unspecified atom stereocenters. The van der Waals surface area contributed by atoms with Crippen LogP contribution in [-0.2, 0) is 6.54 Å². The Morgan fingerprint density at radius 1 is 1.29 bits per heavy atom. The molecule has 0 aromatic carbocycles. The molecule has 0 aliphatic rings. The molecule has 3 heterocycles. The summed E-state index contributed by atoms with van der Waals surface area (Å²) in [5.74, 6) is 0. The molecule has 0 aliphatic carbocycles. The summed E-state index contributed by atoms with van der Waals surface area (Å²) in [5.41, 5.74) is 1.18. The SMILES string of the molecule is O=c1c2nnc3ccnn3c2ccn1CCO. The Morgan fingerprint density at radius 3 is 3.00 bits per heavy atom. The second-order valence-corrected chi connectivity index (χ2v) is 3.57. The van der Waals surface area contributed by atoms with Crippen LogP contribution < -0.4 is 5.56 Å². The number of hydrogen-bond donors (Lipinski definition) is 1. The first-order valence-corrected chi connectivity index (χ1v) is 5.12. The summed E-state index contributed by atoms with van der Waals surface area (Å²) < 4.78 is 2.96. The topological polar surface area (TPSA) is 85.3 Å². The van der Waals surface area contributed by atoms with Gasteiger partial charge in [-0.25, -0.2) is 4.52 Å². The van der Waals surface area contributed by atoms with E-state index in [1.165, 1.54) is 4.57 Å². The number of rotatable bonds is 2. The Bertz CT molecular complexity index is 745. The van der Waals surface area contributed by atoms with E-state index in [1.807, 2.05) is 0 Å². The van der Waals surface area contributed by atoms with Crippen molar-refractivity contribution in [2.24, 2.45) is 0 Å². The smallest absolute Gasteiger partial charge is 0.280 e. The maximum atomic E-state index is 12.0. The minimum Gasteiger partial charge on any atom is -0.395 e. The zero-order valence-corrected chi connectivity index (χ0v) is 8.82. The lowest BCUT2D eigenvalue weighted by molar-refractivity contribution is 0.274. The van der Waals surface area contributed by atoms with Crippen LogP contribution in [-0.4, -0.2) is 36.1 Å². The van der Waals surface area contributed by atoms with Crippen molar-refractivity contribution in [3.05, 3.63) is 34.9 Å². The van der Waals surface area contributed by atoms with Crippen molar-refractivity contribution in [2.45, 2.75) is 6.54 Å². The molecule has 0 fully saturated rings. The molecule has 0 amide bonds. The van der Waals surface area contributed by atoms with Gasteiger partial charge in [-0.2, -0.15) is 5.10 Å². The molecule has 0 saturated heterocycles. The fourth-order valence-electron chi connectivity index (χ4n) is 1.76. The Balaban J connectivity index is 2.40. The fraction of sp³-hybridized carbons (Fsp3) is 0.200. The average molecular weight is 231 g/mol. The first-order valence-electron chi connectivity index (χ1n) is 5.12. The van der Waals surface area contributed by atoms with Gasteiger partial charge in [0.2, 0.25) is 0 Å². The van der Waals surface area contributed by atoms with Gasteiger partial charge in [0.05, 0.1) is 12.8 Å². The van der Waals surface area contributed by atoms with Gasteiger partial charge in [0.15, 0.2) is 11.2 Å². The van der Waals surface area contributed by atoms with Crippen molar-refractivity contribution in [3.63, 3.8) is 0 Å². The van der Waals surface area contributed by atoms with Gasteiger partial charge in [-0.3, -0.25) is 4.79 Å². The van der Waals surface area contributed by atoms with Crippen molar-refractivity contribution < 1.29 is 5.11 Å². The van der Waals surface area contributed by atoms with E-state index in [2.05, 4.69) is 15.3 Å². The van der Waals surface area contributed by atoms with Crippen LogP contribution >= 0.6 is 0 Å². The fourth-order valence-corrected chi connectivity index (χ4v) is 1.76. The van der Waals surface area contributed by atoms with E-state index in [4.69, 9.17) is 5.11 Å². The van der Waals surface area contributed by atoms with Crippen molar-refractivity contribution in [3.8, 4) is 0 Å². The third kappa shape index (κ3) is 1.40. The summed E-state index contributed by atoms with van der Waals surface area (Å²) in [6, 6.07) is 3.45. The predicted molar refractivity (Wildman–Crippen MR) is 59.6 cm³/mol. The van der Waals surface area contributed by atoms with E-state index in [0.29, 0.717) is 11.2 Å². The molecule has 0 aliphatic heterocycles. The Labute approximate surface area is 94.9 Å². The maximum absolute atomic E-state index is 12.0. The second kappa shape index (κ2) is 3.63. The molecular formula is C10H9N5O2. The zero-order valence-electron chi connectivity index (χ0n) is 8.82. The van der Waals surface area contributed by atoms with Crippen molar-refractivity contribution >= 4 is 16.7 Å². The van der Waals surface area contributed by atoms with Crippen LogP contribution in [0.3, 0.4) is 0 Å². The van der Waals surface area contributed by atoms with E-state index in [0.717, 1.165) is 0 Å². The molecule has 7 nitrogen and oxygen atoms in total. The molecule has 86 valence electrons. The number of aliphatic hydroxyl groups is 1. The summed E-state index contributed by atoms with van der Waals surface area (Å²) in [5, 5.41) is 20.7. The molecule has 7 heteroatoms. The van der Waals surface area contributed by atoms with Crippen LogP contribution in [0.4, 0.5) is 0 Å². The second-order valence-electron chi connectivity index (χ2n) is 3.57. The van der Waals surface area contributed by atoms with E-state index < -0.39 is 0 Å². The molecule has 3 aromatic rings. The third-order valence-corrected chi connectivity index (χ3v) is 2.56.